The lowest BCUT2D eigenvalue weighted by atomic mass is 10.1. The number of halogens is 1. The average Bonchev–Trinajstić information content (AvgIpc) is 3.07. The summed E-state index contributed by atoms with van der Waals surface area (Å²) >= 11 is 2.24. The lowest BCUT2D eigenvalue weighted by Crippen LogP contribution is -2.25. The Morgan fingerprint density at radius 1 is 1.00 bits per heavy atom. The van der Waals surface area contributed by atoms with E-state index in [1.807, 2.05) is 30.3 Å². The van der Waals surface area contributed by atoms with Gasteiger partial charge in [0.2, 0.25) is 0 Å². The molecule has 4 heteroatoms. The maximum atomic E-state index is 12.3. The summed E-state index contributed by atoms with van der Waals surface area (Å²) in [7, 11) is 0. The molecule has 1 aliphatic rings. The van der Waals surface area contributed by atoms with Crippen molar-refractivity contribution >= 4 is 28.5 Å². The van der Waals surface area contributed by atoms with Gasteiger partial charge in [0.15, 0.2) is 0 Å². The third kappa shape index (κ3) is 4.54. The molecule has 3 rings (SSSR count). The Bertz CT molecular complexity index is 663. The molecule has 1 N–H and O–H groups in total. The van der Waals surface area contributed by atoms with Crippen molar-refractivity contribution in [3.63, 3.8) is 0 Å². The molecule has 0 aromatic heterocycles. The first-order chi connectivity index (χ1) is 11.2. The zero-order valence-electron chi connectivity index (χ0n) is 13.1. The zero-order valence-corrected chi connectivity index (χ0v) is 15.3. The maximum Gasteiger partial charge on any atom is 0.251 e. The summed E-state index contributed by atoms with van der Waals surface area (Å²) in [4.78, 5) is 14.7. The van der Waals surface area contributed by atoms with Crippen molar-refractivity contribution < 1.29 is 4.79 Å². The van der Waals surface area contributed by atoms with Crippen molar-refractivity contribution in [3.05, 3.63) is 68.8 Å². The number of nitrogens with zero attached hydrogens (tertiary/aromatic N) is 1. The summed E-state index contributed by atoms with van der Waals surface area (Å²) in [6.45, 7) is 3.93. The predicted octanol–water partition coefficient (Wildman–Crippen LogP) is 3.82. The SMILES string of the molecule is O=C(NCc1ccccc1CN1CCCC1)c1ccc(I)cc1. The molecule has 23 heavy (non-hydrogen) atoms. The molecule has 0 bridgehead atoms. The highest BCUT2D eigenvalue weighted by molar-refractivity contribution is 14.1. The van der Waals surface area contributed by atoms with Gasteiger partial charge in [0.1, 0.15) is 0 Å². The number of carbonyl (C=O) groups is 1. The quantitative estimate of drug-likeness (QED) is 0.747. The Labute approximate surface area is 151 Å². The number of nitrogens with one attached hydrogen (secondary N) is 1. The second-order valence-corrected chi connectivity index (χ2v) is 7.19. The molecule has 120 valence electrons. The summed E-state index contributed by atoms with van der Waals surface area (Å²) < 4.78 is 1.13. The highest BCUT2D eigenvalue weighted by Crippen LogP contribution is 2.16. The van der Waals surface area contributed by atoms with Crippen molar-refractivity contribution in [2.75, 3.05) is 13.1 Å². The number of likely N-dealkylation sites (tertiary alicyclic amines) is 1. The summed E-state index contributed by atoms with van der Waals surface area (Å²) in [6, 6.07) is 16.0. The molecule has 0 unspecified atom stereocenters. The van der Waals surface area contributed by atoms with Crippen LogP contribution in [0.25, 0.3) is 0 Å². The van der Waals surface area contributed by atoms with Crippen LogP contribution >= 0.6 is 22.6 Å². The highest BCUT2D eigenvalue weighted by atomic mass is 127. The van der Waals surface area contributed by atoms with E-state index in [2.05, 4.69) is 51.0 Å². The minimum absolute atomic E-state index is 0.0163. The van der Waals surface area contributed by atoms with Crippen molar-refractivity contribution in [3.8, 4) is 0 Å². The molecule has 1 heterocycles. The van der Waals surface area contributed by atoms with E-state index < -0.39 is 0 Å². The first kappa shape index (κ1) is 16.5. The van der Waals surface area contributed by atoms with Crippen LogP contribution in [0.2, 0.25) is 0 Å². The van der Waals surface area contributed by atoms with Crippen LogP contribution in [0.5, 0.6) is 0 Å². The molecule has 2 aromatic carbocycles. The molecule has 0 spiro atoms. The van der Waals surface area contributed by atoms with E-state index in [-0.39, 0.29) is 5.91 Å². The third-order valence-corrected chi connectivity index (χ3v) is 4.98. The van der Waals surface area contributed by atoms with E-state index in [9.17, 15) is 4.79 Å². The third-order valence-electron chi connectivity index (χ3n) is 4.26. The lowest BCUT2D eigenvalue weighted by molar-refractivity contribution is 0.0950. The molecule has 0 saturated carbocycles. The van der Waals surface area contributed by atoms with E-state index in [1.54, 1.807) is 0 Å². The Hall–Kier alpha value is -1.40. The fraction of sp³-hybridized carbons (Fsp3) is 0.316. The van der Waals surface area contributed by atoms with Crippen LogP contribution in [-0.2, 0) is 13.1 Å². The number of rotatable bonds is 5. The molecule has 3 nitrogen and oxygen atoms in total. The number of hydrogen-bond donors (Lipinski definition) is 1. The zero-order chi connectivity index (χ0) is 16.1. The van der Waals surface area contributed by atoms with E-state index in [0.717, 1.165) is 10.1 Å². The second-order valence-electron chi connectivity index (χ2n) is 5.94. The van der Waals surface area contributed by atoms with Crippen LogP contribution in [-0.4, -0.2) is 23.9 Å². The van der Waals surface area contributed by atoms with Crippen LogP contribution in [0.4, 0.5) is 0 Å². The van der Waals surface area contributed by atoms with Gasteiger partial charge in [0.05, 0.1) is 0 Å². The van der Waals surface area contributed by atoms with Gasteiger partial charge in [-0.15, -0.1) is 0 Å². The van der Waals surface area contributed by atoms with Gasteiger partial charge in [-0.05, 0) is 83.9 Å². The molecule has 1 aliphatic heterocycles. The Kier molecular flexibility index (Phi) is 5.67. The van der Waals surface area contributed by atoms with Crippen molar-refractivity contribution in [1.82, 2.24) is 10.2 Å². The van der Waals surface area contributed by atoms with E-state index in [0.29, 0.717) is 12.1 Å². The molecule has 1 fully saturated rings. The molecule has 1 amide bonds. The molecule has 2 aromatic rings. The first-order valence-corrected chi connectivity index (χ1v) is 9.13. The fourth-order valence-corrected chi connectivity index (χ4v) is 3.30. The van der Waals surface area contributed by atoms with Crippen LogP contribution < -0.4 is 5.32 Å². The second kappa shape index (κ2) is 7.93. The molecular formula is C19H21IN2O. The van der Waals surface area contributed by atoms with Crippen molar-refractivity contribution in [2.45, 2.75) is 25.9 Å². The molecule has 0 atom stereocenters. The van der Waals surface area contributed by atoms with E-state index in [1.165, 1.54) is 37.1 Å². The molecule has 0 radical (unpaired) electrons. The predicted molar refractivity (Wildman–Crippen MR) is 101 cm³/mol. The Balaban J connectivity index is 1.63. The van der Waals surface area contributed by atoms with E-state index >= 15 is 0 Å². The van der Waals surface area contributed by atoms with Gasteiger partial charge in [-0.1, -0.05) is 24.3 Å². The van der Waals surface area contributed by atoms with Gasteiger partial charge in [-0.2, -0.15) is 0 Å². The number of carbonyl (C=O) groups excluding carboxylic acids is 1. The van der Waals surface area contributed by atoms with Crippen LogP contribution in [0, 0.1) is 3.57 Å². The topological polar surface area (TPSA) is 32.3 Å². The van der Waals surface area contributed by atoms with Gasteiger partial charge in [0.25, 0.3) is 5.91 Å². The summed E-state index contributed by atoms with van der Waals surface area (Å²) in [6.07, 6.45) is 2.59. The van der Waals surface area contributed by atoms with Crippen LogP contribution in [0.3, 0.4) is 0 Å². The van der Waals surface area contributed by atoms with Gasteiger partial charge in [-0.3, -0.25) is 9.69 Å². The smallest absolute Gasteiger partial charge is 0.251 e. The van der Waals surface area contributed by atoms with Crippen molar-refractivity contribution in [2.24, 2.45) is 0 Å². The largest absolute Gasteiger partial charge is 0.348 e. The van der Waals surface area contributed by atoms with Gasteiger partial charge in [-0.25, -0.2) is 0 Å². The maximum absolute atomic E-state index is 12.3. The molecule has 1 saturated heterocycles. The van der Waals surface area contributed by atoms with E-state index in [4.69, 9.17) is 0 Å². The fourth-order valence-electron chi connectivity index (χ4n) is 2.94. The van der Waals surface area contributed by atoms with Crippen LogP contribution in [0.15, 0.2) is 48.5 Å². The normalized spacial score (nSPS) is 14.8. The van der Waals surface area contributed by atoms with Gasteiger partial charge in [0, 0.05) is 22.2 Å². The van der Waals surface area contributed by atoms with Gasteiger partial charge >= 0.3 is 0 Å². The first-order valence-electron chi connectivity index (χ1n) is 8.05. The van der Waals surface area contributed by atoms with Gasteiger partial charge < -0.3 is 5.32 Å². The standard InChI is InChI=1S/C19H21IN2O/c20-18-9-7-15(8-10-18)19(23)21-13-16-5-1-2-6-17(16)14-22-11-3-4-12-22/h1-2,5-10H,3-4,11-14H2,(H,21,23). The number of amides is 1. The Morgan fingerprint density at radius 2 is 1.65 bits per heavy atom. The minimum Gasteiger partial charge on any atom is -0.348 e. The Morgan fingerprint density at radius 3 is 2.35 bits per heavy atom. The average molecular weight is 420 g/mol. The summed E-state index contributed by atoms with van der Waals surface area (Å²) in [5, 5.41) is 3.04. The van der Waals surface area contributed by atoms with Crippen molar-refractivity contribution in [1.29, 1.82) is 0 Å². The summed E-state index contributed by atoms with van der Waals surface area (Å²) in [5.41, 5.74) is 3.23. The number of benzene rings is 2. The minimum atomic E-state index is -0.0163. The summed E-state index contributed by atoms with van der Waals surface area (Å²) in [5.74, 6) is -0.0163. The monoisotopic (exact) mass is 420 g/mol. The number of hydrogen-bond acceptors (Lipinski definition) is 2. The highest BCUT2D eigenvalue weighted by Gasteiger charge is 2.14. The molecule has 0 aliphatic carbocycles. The van der Waals surface area contributed by atoms with Crippen LogP contribution in [0.1, 0.15) is 34.3 Å². The lowest BCUT2D eigenvalue weighted by Gasteiger charge is -2.17. The molecular weight excluding hydrogens is 399 g/mol.